The number of ether oxygens (including phenoxy) is 2. The highest BCUT2D eigenvalue weighted by atomic mass is 16.5. The standard InChI is InChI=1S/C16H21N3O2/c1-11-7-12-13(8-18-11)14(17)3-4-15(12)19-9-16(20-2)5-6-21-10-16/h3-4,7-8,19H,5-6,9-10,17H2,1-2H3. The summed E-state index contributed by atoms with van der Waals surface area (Å²) in [6.45, 7) is 4.07. The maximum atomic E-state index is 6.03. The van der Waals surface area contributed by atoms with Gasteiger partial charge in [0, 0.05) is 60.7 Å². The zero-order valence-corrected chi connectivity index (χ0v) is 12.5. The van der Waals surface area contributed by atoms with Gasteiger partial charge >= 0.3 is 0 Å². The van der Waals surface area contributed by atoms with Crippen molar-refractivity contribution < 1.29 is 9.47 Å². The average molecular weight is 287 g/mol. The number of aromatic nitrogens is 1. The van der Waals surface area contributed by atoms with Crippen LogP contribution in [0.15, 0.2) is 24.4 Å². The van der Waals surface area contributed by atoms with Crippen molar-refractivity contribution in [3.63, 3.8) is 0 Å². The van der Waals surface area contributed by atoms with Gasteiger partial charge in [-0.1, -0.05) is 0 Å². The highest BCUT2D eigenvalue weighted by Gasteiger charge is 2.34. The quantitative estimate of drug-likeness (QED) is 0.845. The molecule has 1 fully saturated rings. The van der Waals surface area contributed by atoms with Gasteiger partial charge in [0.25, 0.3) is 0 Å². The Kier molecular flexibility index (Phi) is 3.69. The molecular weight excluding hydrogens is 266 g/mol. The number of aryl methyl sites for hydroxylation is 1. The smallest absolute Gasteiger partial charge is 0.110 e. The van der Waals surface area contributed by atoms with Gasteiger partial charge in [-0.15, -0.1) is 0 Å². The molecule has 5 heteroatoms. The number of fused-ring (bicyclic) bond motifs is 1. The van der Waals surface area contributed by atoms with E-state index in [1.165, 1.54) is 0 Å². The van der Waals surface area contributed by atoms with Crippen molar-refractivity contribution in [1.29, 1.82) is 0 Å². The van der Waals surface area contributed by atoms with Gasteiger partial charge in [-0.3, -0.25) is 4.98 Å². The molecule has 0 aliphatic carbocycles. The van der Waals surface area contributed by atoms with Crippen molar-refractivity contribution in [3.8, 4) is 0 Å². The summed E-state index contributed by atoms with van der Waals surface area (Å²) < 4.78 is 11.1. The van der Waals surface area contributed by atoms with Gasteiger partial charge in [-0.25, -0.2) is 0 Å². The van der Waals surface area contributed by atoms with E-state index < -0.39 is 0 Å². The summed E-state index contributed by atoms with van der Waals surface area (Å²) in [7, 11) is 1.74. The molecule has 0 spiro atoms. The molecule has 1 aromatic heterocycles. The molecule has 1 aliphatic heterocycles. The van der Waals surface area contributed by atoms with E-state index in [2.05, 4.69) is 16.4 Å². The number of nitrogen functional groups attached to an aromatic ring is 1. The number of hydrogen-bond acceptors (Lipinski definition) is 5. The first-order valence-electron chi connectivity index (χ1n) is 7.15. The monoisotopic (exact) mass is 287 g/mol. The Morgan fingerprint density at radius 1 is 1.43 bits per heavy atom. The SMILES string of the molecule is COC1(CNc2ccc(N)c3cnc(C)cc23)CCOC1. The summed E-state index contributed by atoms with van der Waals surface area (Å²) in [6, 6.07) is 5.97. The first-order chi connectivity index (χ1) is 10.1. The van der Waals surface area contributed by atoms with Crippen LogP contribution in [0.3, 0.4) is 0 Å². The Morgan fingerprint density at radius 2 is 2.29 bits per heavy atom. The van der Waals surface area contributed by atoms with Crippen molar-refractivity contribution in [2.24, 2.45) is 0 Å². The molecule has 1 aliphatic rings. The lowest BCUT2D eigenvalue weighted by atomic mass is 10.0. The van der Waals surface area contributed by atoms with E-state index >= 15 is 0 Å². The molecule has 0 bridgehead atoms. The molecule has 5 nitrogen and oxygen atoms in total. The van der Waals surface area contributed by atoms with Crippen molar-refractivity contribution in [2.45, 2.75) is 18.9 Å². The number of methoxy groups -OCH3 is 1. The third-order valence-electron chi connectivity index (χ3n) is 4.17. The highest BCUT2D eigenvalue weighted by molar-refractivity contribution is 6.00. The van der Waals surface area contributed by atoms with E-state index in [1.54, 1.807) is 7.11 Å². The van der Waals surface area contributed by atoms with Gasteiger partial charge in [0.15, 0.2) is 0 Å². The second-order valence-electron chi connectivity index (χ2n) is 5.62. The summed E-state index contributed by atoms with van der Waals surface area (Å²) in [5.74, 6) is 0. The Morgan fingerprint density at radius 3 is 3.00 bits per heavy atom. The van der Waals surface area contributed by atoms with Crippen molar-refractivity contribution >= 4 is 22.1 Å². The van der Waals surface area contributed by atoms with Gasteiger partial charge in [-0.2, -0.15) is 0 Å². The van der Waals surface area contributed by atoms with Crippen LogP contribution in [0.25, 0.3) is 10.8 Å². The fourth-order valence-corrected chi connectivity index (χ4v) is 2.74. The van der Waals surface area contributed by atoms with E-state index in [0.29, 0.717) is 13.2 Å². The first kappa shape index (κ1) is 14.1. The van der Waals surface area contributed by atoms with Crippen LogP contribution in [0.1, 0.15) is 12.1 Å². The van der Waals surface area contributed by atoms with Crippen molar-refractivity contribution in [1.82, 2.24) is 4.98 Å². The summed E-state index contributed by atoms with van der Waals surface area (Å²) in [5, 5.41) is 5.55. The van der Waals surface area contributed by atoms with Crippen LogP contribution in [-0.4, -0.2) is 37.5 Å². The maximum absolute atomic E-state index is 6.03. The summed E-state index contributed by atoms with van der Waals surface area (Å²) in [5.41, 5.74) is 8.56. The van der Waals surface area contributed by atoms with Crippen LogP contribution in [0, 0.1) is 6.92 Å². The molecule has 3 rings (SSSR count). The molecular formula is C16H21N3O2. The van der Waals surface area contributed by atoms with Crippen molar-refractivity contribution in [3.05, 3.63) is 30.1 Å². The summed E-state index contributed by atoms with van der Waals surface area (Å²) >= 11 is 0. The minimum absolute atomic E-state index is 0.240. The summed E-state index contributed by atoms with van der Waals surface area (Å²) in [4.78, 5) is 4.32. The number of benzene rings is 1. The second-order valence-corrected chi connectivity index (χ2v) is 5.62. The average Bonchev–Trinajstić information content (AvgIpc) is 2.96. The van der Waals surface area contributed by atoms with Crippen LogP contribution in [0.2, 0.25) is 0 Å². The van der Waals surface area contributed by atoms with E-state index in [-0.39, 0.29) is 5.60 Å². The Hall–Kier alpha value is -1.85. The Labute approximate surface area is 124 Å². The van der Waals surface area contributed by atoms with Gasteiger partial charge < -0.3 is 20.5 Å². The van der Waals surface area contributed by atoms with E-state index in [4.69, 9.17) is 15.2 Å². The lowest BCUT2D eigenvalue weighted by Gasteiger charge is -2.27. The predicted molar refractivity (Wildman–Crippen MR) is 84.6 cm³/mol. The topological polar surface area (TPSA) is 69.4 Å². The number of nitrogens with zero attached hydrogens (tertiary/aromatic N) is 1. The third-order valence-corrected chi connectivity index (χ3v) is 4.17. The molecule has 0 radical (unpaired) electrons. The molecule has 1 aromatic carbocycles. The zero-order chi connectivity index (χ0) is 14.9. The van der Waals surface area contributed by atoms with Crippen molar-refractivity contribution in [2.75, 3.05) is 37.9 Å². The normalized spacial score (nSPS) is 21.8. The van der Waals surface area contributed by atoms with E-state index in [0.717, 1.165) is 40.9 Å². The number of hydrogen-bond donors (Lipinski definition) is 2. The molecule has 1 atom stereocenters. The molecule has 2 aromatic rings. The fourth-order valence-electron chi connectivity index (χ4n) is 2.74. The lowest BCUT2D eigenvalue weighted by Crippen LogP contribution is -2.39. The number of rotatable bonds is 4. The largest absolute Gasteiger partial charge is 0.398 e. The second kappa shape index (κ2) is 5.50. The number of nitrogens with two attached hydrogens (primary N) is 1. The number of pyridine rings is 1. The maximum Gasteiger partial charge on any atom is 0.110 e. The molecule has 0 saturated carbocycles. The molecule has 21 heavy (non-hydrogen) atoms. The lowest BCUT2D eigenvalue weighted by molar-refractivity contribution is -0.00617. The highest BCUT2D eigenvalue weighted by Crippen LogP contribution is 2.30. The Balaban J connectivity index is 1.90. The van der Waals surface area contributed by atoms with Gasteiger partial charge in [0.2, 0.25) is 0 Å². The molecule has 0 amide bonds. The Bertz CT molecular complexity index is 651. The van der Waals surface area contributed by atoms with Gasteiger partial charge in [0.1, 0.15) is 5.60 Å². The van der Waals surface area contributed by atoms with E-state index in [1.807, 2.05) is 25.3 Å². The molecule has 2 heterocycles. The van der Waals surface area contributed by atoms with Crippen LogP contribution >= 0.6 is 0 Å². The molecule has 1 unspecified atom stereocenters. The molecule has 112 valence electrons. The number of anilines is 2. The third kappa shape index (κ3) is 2.66. The molecule has 1 saturated heterocycles. The van der Waals surface area contributed by atoms with Gasteiger partial charge in [0.05, 0.1) is 6.61 Å². The molecule has 3 N–H and O–H groups in total. The minimum Gasteiger partial charge on any atom is -0.398 e. The van der Waals surface area contributed by atoms with Crippen LogP contribution in [0.5, 0.6) is 0 Å². The van der Waals surface area contributed by atoms with Gasteiger partial charge in [-0.05, 0) is 25.1 Å². The summed E-state index contributed by atoms with van der Waals surface area (Å²) in [6.07, 6.45) is 2.74. The minimum atomic E-state index is -0.240. The zero-order valence-electron chi connectivity index (χ0n) is 12.5. The van der Waals surface area contributed by atoms with Crippen LogP contribution in [0.4, 0.5) is 11.4 Å². The predicted octanol–water partition coefficient (Wildman–Crippen LogP) is 2.34. The van der Waals surface area contributed by atoms with Crippen LogP contribution < -0.4 is 11.1 Å². The van der Waals surface area contributed by atoms with Crippen LogP contribution in [-0.2, 0) is 9.47 Å². The first-order valence-corrected chi connectivity index (χ1v) is 7.15. The fraction of sp³-hybridized carbons (Fsp3) is 0.438. The number of nitrogens with one attached hydrogen (secondary N) is 1. The van der Waals surface area contributed by atoms with E-state index in [9.17, 15) is 0 Å².